The van der Waals surface area contributed by atoms with Crippen LogP contribution in [0, 0.1) is 11.3 Å². The molecule has 2 amide bonds. The molecule has 0 aliphatic heterocycles. The highest BCUT2D eigenvalue weighted by molar-refractivity contribution is 5.73. The van der Waals surface area contributed by atoms with Gasteiger partial charge in [0.25, 0.3) is 0 Å². The molecule has 0 aliphatic carbocycles. The van der Waals surface area contributed by atoms with Gasteiger partial charge >= 0.3 is 6.03 Å². The van der Waals surface area contributed by atoms with Crippen LogP contribution in [0.1, 0.15) is 5.56 Å². The molecule has 1 aromatic rings. The highest BCUT2D eigenvalue weighted by atomic mass is 16.5. The van der Waals surface area contributed by atoms with E-state index in [2.05, 4.69) is 10.6 Å². The summed E-state index contributed by atoms with van der Waals surface area (Å²) in [5, 5.41) is 14.5. The molecule has 0 aromatic heterocycles. The van der Waals surface area contributed by atoms with Crippen molar-refractivity contribution < 1.29 is 9.53 Å². The van der Waals surface area contributed by atoms with Crippen molar-refractivity contribution in [2.75, 3.05) is 33.8 Å². The molecule has 1 aromatic carbocycles. The van der Waals surface area contributed by atoms with E-state index in [0.29, 0.717) is 25.4 Å². The van der Waals surface area contributed by atoms with Crippen LogP contribution in [0.2, 0.25) is 0 Å². The minimum Gasteiger partial charge on any atom is -0.479 e. The molecule has 0 spiro atoms. The Balaban J connectivity index is 2.25. The maximum Gasteiger partial charge on any atom is 0.316 e. The molecule has 6 nitrogen and oxygen atoms in total. The maximum absolute atomic E-state index is 11.3. The monoisotopic (exact) mass is 276 g/mol. The van der Waals surface area contributed by atoms with Crippen molar-refractivity contribution in [1.29, 1.82) is 5.26 Å². The van der Waals surface area contributed by atoms with Crippen LogP contribution >= 0.6 is 0 Å². The molecule has 2 N–H and O–H groups in total. The van der Waals surface area contributed by atoms with Crippen molar-refractivity contribution in [3.05, 3.63) is 29.8 Å². The van der Waals surface area contributed by atoms with Crippen LogP contribution in [0.15, 0.2) is 24.3 Å². The van der Waals surface area contributed by atoms with Crippen molar-refractivity contribution in [2.45, 2.75) is 6.54 Å². The van der Waals surface area contributed by atoms with E-state index >= 15 is 0 Å². The number of nitriles is 1. The number of carbonyl (C=O) groups excluding carboxylic acids is 1. The zero-order valence-corrected chi connectivity index (χ0v) is 11.8. The zero-order chi connectivity index (χ0) is 14.8. The van der Waals surface area contributed by atoms with Crippen LogP contribution in [-0.4, -0.2) is 44.7 Å². The van der Waals surface area contributed by atoms with E-state index in [4.69, 9.17) is 10.00 Å². The predicted octanol–water partition coefficient (Wildman–Crippen LogP) is 0.950. The Morgan fingerprint density at radius 1 is 1.40 bits per heavy atom. The second-order valence-corrected chi connectivity index (χ2v) is 4.40. The van der Waals surface area contributed by atoms with E-state index in [1.54, 1.807) is 14.1 Å². The summed E-state index contributed by atoms with van der Waals surface area (Å²) in [4.78, 5) is 12.8. The molecule has 20 heavy (non-hydrogen) atoms. The lowest BCUT2D eigenvalue weighted by molar-refractivity contribution is 0.217. The fourth-order valence-electron chi connectivity index (χ4n) is 1.51. The van der Waals surface area contributed by atoms with Crippen LogP contribution < -0.4 is 15.4 Å². The van der Waals surface area contributed by atoms with Crippen LogP contribution in [0.4, 0.5) is 4.79 Å². The molecule has 0 atom stereocenters. The van der Waals surface area contributed by atoms with Gasteiger partial charge in [-0.2, -0.15) is 5.26 Å². The van der Waals surface area contributed by atoms with Gasteiger partial charge in [0.15, 0.2) is 6.61 Å². The number of amides is 2. The molecule has 0 bridgehead atoms. The number of nitrogens with one attached hydrogen (secondary N) is 2. The second-order valence-electron chi connectivity index (χ2n) is 4.40. The van der Waals surface area contributed by atoms with Crippen LogP contribution in [0.25, 0.3) is 0 Å². The second kappa shape index (κ2) is 8.77. The third kappa shape index (κ3) is 6.07. The van der Waals surface area contributed by atoms with Crippen molar-refractivity contribution in [2.24, 2.45) is 0 Å². The summed E-state index contributed by atoms with van der Waals surface area (Å²) in [6.07, 6.45) is 0. The number of carbonyl (C=O) groups is 1. The largest absolute Gasteiger partial charge is 0.479 e. The van der Waals surface area contributed by atoms with Gasteiger partial charge in [0, 0.05) is 33.7 Å². The topological polar surface area (TPSA) is 77.4 Å². The van der Waals surface area contributed by atoms with E-state index in [1.165, 1.54) is 4.90 Å². The molecule has 0 heterocycles. The number of hydrogen-bond donors (Lipinski definition) is 2. The standard InChI is InChI=1S/C14H20N4O2/c1-18(2)14(19)17-8-7-16-11-12-4-3-5-13(10-12)20-9-6-15/h3-5,10,16H,7-9,11H2,1-2H3,(H,17,19). The average Bonchev–Trinajstić information content (AvgIpc) is 2.45. The number of ether oxygens (including phenoxy) is 1. The van der Waals surface area contributed by atoms with Crippen LogP contribution in [0.3, 0.4) is 0 Å². The SMILES string of the molecule is CN(C)C(=O)NCCNCc1cccc(OCC#N)c1. The lowest BCUT2D eigenvalue weighted by atomic mass is 10.2. The summed E-state index contributed by atoms with van der Waals surface area (Å²) in [5.74, 6) is 0.687. The van der Waals surface area contributed by atoms with Gasteiger partial charge < -0.3 is 20.3 Å². The first kappa shape index (κ1) is 15.8. The summed E-state index contributed by atoms with van der Waals surface area (Å²) in [7, 11) is 3.41. The fraction of sp³-hybridized carbons (Fsp3) is 0.429. The normalized spacial score (nSPS) is 9.65. The Morgan fingerprint density at radius 2 is 2.20 bits per heavy atom. The van der Waals surface area contributed by atoms with Crippen molar-refractivity contribution in [3.8, 4) is 11.8 Å². The number of nitrogens with zero attached hydrogens (tertiary/aromatic N) is 2. The third-order valence-corrected chi connectivity index (χ3v) is 2.52. The smallest absolute Gasteiger partial charge is 0.316 e. The maximum atomic E-state index is 11.3. The Hall–Kier alpha value is -2.26. The predicted molar refractivity (Wildman–Crippen MR) is 76.3 cm³/mol. The van der Waals surface area contributed by atoms with E-state index < -0.39 is 0 Å². The van der Waals surface area contributed by atoms with Gasteiger partial charge in [-0.1, -0.05) is 12.1 Å². The Morgan fingerprint density at radius 3 is 2.90 bits per heavy atom. The molecule has 6 heteroatoms. The van der Waals surface area contributed by atoms with Gasteiger partial charge in [0.05, 0.1) is 0 Å². The Labute approximate surface area is 119 Å². The van der Waals surface area contributed by atoms with Crippen molar-refractivity contribution in [3.63, 3.8) is 0 Å². The van der Waals surface area contributed by atoms with Crippen molar-refractivity contribution in [1.82, 2.24) is 15.5 Å². The number of hydrogen-bond acceptors (Lipinski definition) is 4. The molecule has 0 saturated heterocycles. The summed E-state index contributed by atoms with van der Waals surface area (Å²) in [6.45, 7) is 1.99. The fourth-order valence-corrected chi connectivity index (χ4v) is 1.51. The first-order valence-corrected chi connectivity index (χ1v) is 6.38. The zero-order valence-electron chi connectivity index (χ0n) is 11.8. The number of rotatable bonds is 7. The van der Waals surface area contributed by atoms with Gasteiger partial charge in [-0.15, -0.1) is 0 Å². The van der Waals surface area contributed by atoms with Crippen molar-refractivity contribution >= 4 is 6.03 Å². The molecule has 0 radical (unpaired) electrons. The van der Waals surface area contributed by atoms with E-state index in [-0.39, 0.29) is 12.6 Å². The highest BCUT2D eigenvalue weighted by Crippen LogP contribution is 2.12. The molecule has 0 unspecified atom stereocenters. The number of urea groups is 1. The van der Waals surface area contributed by atoms with Gasteiger partial charge in [0.2, 0.25) is 0 Å². The van der Waals surface area contributed by atoms with Gasteiger partial charge in [-0.3, -0.25) is 0 Å². The minimum absolute atomic E-state index is 0.0491. The first-order chi connectivity index (χ1) is 9.63. The minimum atomic E-state index is -0.0984. The summed E-state index contributed by atoms with van der Waals surface area (Å²) in [5.41, 5.74) is 1.07. The Kier molecular flexibility index (Phi) is 6.93. The number of benzene rings is 1. The molecule has 0 aliphatic rings. The van der Waals surface area contributed by atoms with Gasteiger partial charge in [-0.25, -0.2) is 4.79 Å². The molecular formula is C14H20N4O2. The molecule has 1 rings (SSSR count). The van der Waals surface area contributed by atoms with Gasteiger partial charge in [-0.05, 0) is 17.7 Å². The molecule has 108 valence electrons. The highest BCUT2D eigenvalue weighted by Gasteiger charge is 2.01. The molecule has 0 fully saturated rings. The summed E-state index contributed by atoms with van der Waals surface area (Å²) < 4.78 is 5.23. The third-order valence-electron chi connectivity index (χ3n) is 2.52. The average molecular weight is 276 g/mol. The Bertz CT molecular complexity index is 468. The van der Waals surface area contributed by atoms with Gasteiger partial charge in [0.1, 0.15) is 11.8 Å². The first-order valence-electron chi connectivity index (χ1n) is 6.38. The van der Waals surface area contributed by atoms with E-state index in [0.717, 1.165) is 5.56 Å². The van der Waals surface area contributed by atoms with E-state index in [9.17, 15) is 4.79 Å². The summed E-state index contributed by atoms with van der Waals surface area (Å²) in [6, 6.07) is 9.41. The van der Waals surface area contributed by atoms with Crippen LogP contribution in [0.5, 0.6) is 5.75 Å². The lowest BCUT2D eigenvalue weighted by Crippen LogP contribution is -2.38. The van der Waals surface area contributed by atoms with Crippen LogP contribution in [-0.2, 0) is 6.54 Å². The summed E-state index contributed by atoms with van der Waals surface area (Å²) >= 11 is 0. The lowest BCUT2D eigenvalue weighted by Gasteiger charge is -2.12. The quantitative estimate of drug-likeness (QED) is 0.727. The van der Waals surface area contributed by atoms with E-state index in [1.807, 2.05) is 30.3 Å². The molecular weight excluding hydrogens is 256 g/mol. The molecule has 0 saturated carbocycles.